The van der Waals surface area contributed by atoms with E-state index in [1.165, 1.54) is 13.2 Å². The molecule has 1 heterocycles. The van der Waals surface area contributed by atoms with Crippen LogP contribution < -0.4 is 10.1 Å². The fourth-order valence-electron chi connectivity index (χ4n) is 2.05. The summed E-state index contributed by atoms with van der Waals surface area (Å²) in [5.41, 5.74) is 2.45. The molecule has 0 radical (unpaired) electrons. The van der Waals surface area contributed by atoms with E-state index < -0.39 is 0 Å². The Balaban J connectivity index is 2.42. The molecule has 0 saturated carbocycles. The normalized spacial score (nSPS) is 12.2. The van der Waals surface area contributed by atoms with Crippen LogP contribution in [0.3, 0.4) is 0 Å². The lowest BCUT2D eigenvalue weighted by Gasteiger charge is -2.17. The van der Waals surface area contributed by atoms with Gasteiger partial charge >= 0.3 is 0 Å². The molecule has 2 rings (SSSR count). The quantitative estimate of drug-likeness (QED) is 0.918. The molecule has 0 spiro atoms. The van der Waals surface area contributed by atoms with Gasteiger partial charge in [-0.15, -0.1) is 0 Å². The zero-order valence-corrected chi connectivity index (χ0v) is 11.3. The highest BCUT2D eigenvalue weighted by Crippen LogP contribution is 2.26. The third kappa shape index (κ3) is 2.90. The summed E-state index contributed by atoms with van der Waals surface area (Å²) in [6.45, 7) is 1.99. The lowest BCUT2D eigenvalue weighted by molar-refractivity contribution is 0.410. The van der Waals surface area contributed by atoms with Crippen molar-refractivity contribution in [1.82, 2.24) is 10.3 Å². The minimum Gasteiger partial charge on any atom is -0.497 e. The van der Waals surface area contributed by atoms with Crippen molar-refractivity contribution in [3.63, 3.8) is 0 Å². The highest BCUT2D eigenvalue weighted by atomic mass is 19.1. The maximum Gasteiger partial charge on any atom is 0.132 e. The van der Waals surface area contributed by atoms with E-state index in [-0.39, 0.29) is 11.9 Å². The second kappa shape index (κ2) is 5.80. The Morgan fingerprint density at radius 2 is 2.05 bits per heavy atom. The molecule has 0 fully saturated rings. The number of methoxy groups -OCH3 is 1. The first-order valence-electron chi connectivity index (χ1n) is 6.09. The van der Waals surface area contributed by atoms with E-state index in [1.54, 1.807) is 25.4 Å². The molecule has 0 aliphatic carbocycles. The van der Waals surface area contributed by atoms with Gasteiger partial charge in [0.1, 0.15) is 11.6 Å². The predicted octanol–water partition coefficient (Wildman–Crippen LogP) is 2.85. The van der Waals surface area contributed by atoms with Crippen molar-refractivity contribution in [2.45, 2.75) is 13.0 Å². The largest absolute Gasteiger partial charge is 0.497 e. The SMILES string of the molecule is CNC(c1cc(C)ccn1)c1ccc(OC)cc1F. The van der Waals surface area contributed by atoms with Gasteiger partial charge in [0.25, 0.3) is 0 Å². The van der Waals surface area contributed by atoms with Crippen molar-refractivity contribution in [2.24, 2.45) is 0 Å². The first kappa shape index (κ1) is 13.5. The fourth-order valence-corrected chi connectivity index (χ4v) is 2.05. The molecule has 0 saturated heterocycles. The Morgan fingerprint density at radius 1 is 1.26 bits per heavy atom. The predicted molar refractivity (Wildman–Crippen MR) is 72.8 cm³/mol. The Bertz CT molecular complexity index is 572. The maximum atomic E-state index is 14.1. The number of hydrogen-bond donors (Lipinski definition) is 1. The van der Waals surface area contributed by atoms with E-state index >= 15 is 0 Å². The van der Waals surface area contributed by atoms with Gasteiger partial charge in [-0.25, -0.2) is 4.39 Å². The number of benzene rings is 1. The van der Waals surface area contributed by atoms with Crippen LogP contribution in [0.4, 0.5) is 4.39 Å². The summed E-state index contributed by atoms with van der Waals surface area (Å²) >= 11 is 0. The molecule has 1 atom stereocenters. The van der Waals surface area contributed by atoms with Gasteiger partial charge in [-0.05, 0) is 37.7 Å². The first-order valence-corrected chi connectivity index (χ1v) is 6.09. The number of ether oxygens (including phenoxy) is 1. The van der Waals surface area contributed by atoms with Gasteiger partial charge < -0.3 is 10.1 Å². The van der Waals surface area contributed by atoms with Crippen molar-refractivity contribution in [3.8, 4) is 5.75 Å². The molecule has 1 N–H and O–H groups in total. The molecule has 19 heavy (non-hydrogen) atoms. The zero-order chi connectivity index (χ0) is 13.8. The molecular weight excluding hydrogens is 243 g/mol. The summed E-state index contributed by atoms with van der Waals surface area (Å²) in [6.07, 6.45) is 1.73. The number of aromatic nitrogens is 1. The third-order valence-electron chi connectivity index (χ3n) is 3.04. The van der Waals surface area contributed by atoms with Crippen molar-refractivity contribution in [2.75, 3.05) is 14.2 Å². The lowest BCUT2D eigenvalue weighted by atomic mass is 10.0. The summed E-state index contributed by atoms with van der Waals surface area (Å²) in [5, 5.41) is 3.10. The number of halogens is 1. The van der Waals surface area contributed by atoms with Gasteiger partial charge in [-0.1, -0.05) is 6.07 Å². The minimum atomic E-state index is -0.304. The summed E-state index contributed by atoms with van der Waals surface area (Å²) < 4.78 is 19.1. The first-order chi connectivity index (χ1) is 9.15. The van der Waals surface area contributed by atoms with Gasteiger partial charge in [-0.3, -0.25) is 4.98 Å². The second-order valence-corrected chi connectivity index (χ2v) is 4.37. The van der Waals surface area contributed by atoms with Crippen molar-refractivity contribution in [3.05, 3.63) is 59.2 Å². The average Bonchev–Trinajstić information content (AvgIpc) is 2.41. The molecule has 3 nitrogen and oxygen atoms in total. The van der Waals surface area contributed by atoms with Crippen LogP contribution in [0.2, 0.25) is 0 Å². The number of rotatable bonds is 4. The number of pyridine rings is 1. The minimum absolute atomic E-state index is 0.272. The van der Waals surface area contributed by atoms with Gasteiger partial charge in [0, 0.05) is 17.8 Å². The molecule has 1 unspecified atom stereocenters. The van der Waals surface area contributed by atoms with E-state index in [1.807, 2.05) is 19.1 Å². The van der Waals surface area contributed by atoms with Crippen LogP contribution in [0.15, 0.2) is 36.5 Å². The standard InChI is InChI=1S/C15H17FN2O/c1-10-6-7-18-14(8-10)15(17-2)12-5-4-11(19-3)9-13(12)16/h4-9,15,17H,1-3H3. The van der Waals surface area contributed by atoms with E-state index in [0.29, 0.717) is 11.3 Å². The fraction of sp³-hybridized carbons (Fsp3) is 0.267. The zero-order valence-electron chi connectivity index (χ0n) is 11.3. The molecule has 2 aromatic rings. The van der Waals surface area contributed by atoms with E-state index in [4.69, 9.17) is 4.74 Å². The molecule has 0 aliphatic rings. The van der Waals surface area contributed by atoms with E-state index in [0.717, 1.165) is 11.3 Å². The monoisotopic (exact) mass is 260 g/mol. The Hall–Kier alpha value is -1.94. The van der Waals surface area contributed by atoms with E-state index in [2.05, 4.69) is 10.3 Å². The van der Waals surface area contributed by atoms with Crippen molar-refractivity contribution < 1.29 is 9.13 Å². The van der Waals surface area contributed by atoms with Crippen LogP contribution in [0.5, 0.6) is 5.75 Å². The van der Waals surface area contributed by atoms with Gasteiger partial charge in [-0.2, -0.15) is 0 Å². The molecular formula is C15H17FN2O. The average molecular weight is 260 g/mol. The second-order valence-electron chi connectivity index (χ2n) is 4.37. The van der Waals surface area contributed by atoms with Gasteiger partial charge in [0.2, 0.25) is 0 Å². The topological polar surface area (TPSA) is 34.2 Å². The van der Waals surface area contributed by atoms with Crippen LogP contribution in [0, 0.1) is 12.7 Å². The Morgan fingerprint density at radius 3 is 2.63 bits per heavy atom. The molecule has 0 aliphatic heterocycles. The van der Waals surface area contributed by atoms with Crippen LogP contribution in [0.25, 0.3) is 0 Å². The smallest absolute Gasteiger partial charge is 0.132 e. The van der Waals surface area contributed by atoms with E-state index in [9.17, 15) is 4.39 Å². The van der Waals surface area contributed by atoms with Crippen LogP contribution in [-0.4, -0.2) is 19.1 Å². The molecule has 100 valence electrons. The summed E-state index contributed by atoms with van der Waals surface area (Å²) in [4.78, 5) is 4.31. The number of hydrogen-bond acceptors (Lipinski definition) is 3. The third-order valence-corrected chi connectivity index (χ3v) is 3.04. The van der Waals surface area contributed by atoms with Crippen LogP contribution in [-0.2, 0) is 0 Å². The lowest BCUT2D eigenvalue weighted by Crippen LogP contribution is -2.20. The number of nitrogens with zero attached hydrogens (tertiary/aromatic N) is 1. The molecule has 1 aromatic heterocycles. The molecule has 0 amide bonds. The summed E-state index contributed by atoms with van der Waals surface area (Å²) in [5.74, 6) is 0.204. The molecule has 1 aromatic carbocycles. The van der Waals surface area contributed by atoms with Gasteiger partial charge in [0.15, 0.2) is 0 Å². The van der Waals surface area contributed by atoms with Crippen LogP contribution >= 0.6 is 0 Å². The number of aryl methyl sites for hydroxylation is 1. The Labute approximate surface area is 112 Å². The van der Waals surface area contributed by atoms with Crippen molar-refractivity contribution >= 4 is 0 Å². The Kier molecular flexibility index (Phi) is 4.12. The maximum absolute atomic E-state index is 14.1. The number of nitrogens with one attached hydrogen (secondary N) is 1. The van der Waals surface area contributed by atoms with Crippen molar-refractivity contribution in [1.29, 1.82) is 0 Å². The van der Waals surface area contributed by atoms with Gasteiger partial charge in [0.05, 0.1) is 18.8 Å². The van der Waals surface area contributed by atoms with Crippen LogP contribution in [0.1, 0.15) is 22.9 Å². The highest BCUT2D eigenvalue weighted by Gasteiger charge is 2.17. The summed E-state index contributed by atoms with van der Waals surface area (Å²) in [6, 6.07) is 8.45. The molecule has 0 bridgehead atoms. The summed E-state index contributed by atoms with van der Waals surface area (Å²) in [7, 11) is 3.31. The molecule has 4 heteroatoms. The highest BCUT2D eigenvalue weighted by molar-refractivity contribution is 5.35.